The smallest absolute Gasteiger partial charge is 0.335 e. The van der Waals surface area contributed by atoms with Gasteiger partial charge in [0.15, 0.2) is 0 Å². The highest BCUT2D eigenvalue weighted by Crippen LogP contribution is 2.18. The van der Waals surface area contributed by atoms with Gasteiger partial charge in [-0.1, -0.05) is 0 Å². The molecule has 0 unspecified atom stereocenters. The third-order valence-electron chi connectivity index (χ3n) is 2.81. The molecular formula is C12H8N2O4. The summed E-state index contributed by atoms with van der Waals surface area (Å²) < 4.78 is 7.00. The number of carbonyl (C=O) groups is 1. The molecular weight excluding hydrogens is 236 g/mol. The molecule has 18 heavy (non-hydrogen) atoms. The summed E-state index contributed by atoms with van der Waals surface area (Å²) in [7, 11) is 1.67. The highest BCUT2D eigenvalue weighted by Gasteiger charge is 2.13. The summed E-state index contributed by atoms with van der Waals surface area (Å²) in [6, 6.07) is 4.19. The van der Waals surface area contributed by atoms with E-state index in [1.54, 1.807) is 7.05 Å². The lowest BCUT2D eigenvalue weighted by atomic mass is 10.1. The molecule has 0 aliphatic heterocycles. The van der Waals surface area contributed by atoms with Gasteiger partial charge in [-0.2, -0.15) is 5.10 Å². The van der Waals surface area contributed by atoms with Crippen LogP contribution in [0.3, 0.4) is 0 Å². The zero-order chi connectivity index (χ0) is 12.9. The molecule has 0 aliphatic rings. The summed E-state index contributed by atoms with van der Waals surface area (Å²) in [4.78, 5) is 23.0. The van der Waals surface area contributed by atoms with Gasteiger partial charge in [0.25, 0.3) is 0 Å². The number of hydrogen-bond donors (Lipinski definition) is 1. The maximum atomic E-state index is 12.2. The Morgan fingerprint density at radius 2 is 2.17 bits per heavy atom. The number of aryl methyl sites for hydroxylation is 1. The predicted octanol–water partition coefficient (Wildman–Crippen LogP) is 1.38. The zero-order valence-electron chi connectivity index (χ0n) is 9.38. The minimum Gasteiger partial charge on any atom is -0.478 e. The number of carboxylic acids is 1. The van der Waals surface area contributed by atoms with Crippen LogP contribution in [0, 0.1) is 0 Å². The molecule has 90 valence electrons. The number of benzene rings is 1. The fourth-order valence-corrected chi connectivity index (χ4v) is 1.88. The van der Waals surface area contributed by atoms with E-state index in [-0.39, 0.29) is 16.4 Å². The van der Waals surface area contributed by atoms with Crippen LogP contribution in [0.2, 0.25) is 0 Å². The first-order chi connectivity index (χ1) is 8.58. The van der Waals surface area contributed by atoms with Crippen LogP contribution in [0.15, 0.2) is 33.6 Å². The highest BCUT2D eigenvalue weighted by molar-refractivity contribution is 5.95. The summed E-state index contributed by atoms with van der Waals surface area (Å²) in [5, 5.41) is 13.4. The second-order valence-electron chi connectivity index (χ2n) is 3.93. The van der Waals surface area contributed by atoms with Crippen molar-refractivity contribution in [3.8, 4) is 0 Å². The third-order valence-corrected chi connectivity index (χ3v) is 2.81. The van der Waals surface area contributed by atoms with Crippen molar-refractivity contribution >= 4 is 28.0 Å². The third kappa shape index (κ3) is 1.32. The van der Waals surface area contributed by atoms with Gasteiger partial charge in [-0.25, -0.2) is 9.48 Å². The fraction of sp³-hybridized carbons (Fsp3) is 0.0833. The number of aromatic carboxylic acids is 1. The lowest BCUT2D eigenvalue weighted by Gasteiger charge is -2.00. The molecule has 2 aromatic heterocycles. The molecule has 2 heterocycles. The maximum Gasteiger partial charge on any atom is 0.335 e. The average Bonchev–Trinajstić information content (AvgIpc) is 2.71. The van der Waals surface area contributed by atoms with Gasteiger partial charge in [0.1, 0.15) is 11.0 Å². The summed E-state index contributed by atoms with van der Waals surface area (Å²) >= 11 is 0. The van der Waals surface area contributed by atoms with Crippen LogP contribution in [-0.4, -0.2) is 20.9 Å². The first-order valence-electron chi connectivity index (χ1n) is 5.20. The van der Waals surface area contributed by atoms with Crippen molar-refractivity contribution in [3.63, 3.8) is 0 Å². The Morgan fingerprint density at radius 1 is 1.39 bits per heavy atom. The molecule has 0 atom stereocenters. The normalized spacial score (nSPS) is 11.2. The molecule has 0 aliphatic carbocycles. The van der Waals surface area contributed by atoms with Crippen LogP contribution in [0.25, 0.3) is 22.1 Å². The van der Waals surface area contributed by atoms with Crippen LogP contribution in [-0.2, 0) is 7.05 Å². The number of carboxylic acid groups (broad SMARTS) is 1. The number of rotatable bonds is 1. The van der Waals surface area contributed by atoms with E-state index < -0.39 is 5.97 Å². The van der Waals surface area contributed by atoms with E-state index in [9.17, 15) is 9.59 Å². The molecule has 0 fully saturated rings. The first kappa shape index (κ1) is 10.5. The van der Waals surface area contributed by atoms with Crippen LogP contribution in [0.5, 0.6) is 0 Å². The molecule has 6 heteroatoms. The van der Waals surface area contributed by atoms with E-state index in [1.165, 1.54) is 29.1 Å². The molecule has 6 nitrogen and oxygen atoms in total. The van der Waals surface area contributed by atoms with Gasteiger partial charge in [0.2, 0.25) is 11.1 Å². The number of fused-ring (bicyclic) bond motifs is 2. The topological polar surface area (TPSA) is 85.3 Å². The molecule has 0 amide bonds. The molecule has 1 N–H and O–H groups in total. The Labute approximate surface area is 100 Å². The Balaban J connectivity index is 2.50. The van der Waals surface area contributed by atoms with Crippen LogP contribution in [0.4, 0.5) is 0 Å². The second kappa shape index (κ2) is 3.43. The lowest BCUT2D eigenvalue weighted by Crippen LogP contribution is -2.04. The minimum atomic E-state index is -1.08. The van der Waals surface area contributed by atoms with Crippen molar-refractivity contribution in [2.45, 2.75) is 0 Å². The standard InChI is InChI=1S/C12H8N2O4/c1-14-11-8(5-13-14)10(15)7-4-6(12(16)17)2-3-9(7)18-11/h2-5H,1H3,(H,16,17). The molecule has 3 rings (SSSR count). The van der Waals surface area contributed by atoms with Gasteiger partial charge in [-0.05, 0) is 18.2 Å². The van der Waals surface area contributed by atoms with Crippen molar-refractivity contribution < 1.29 is 14.3 Å². The van der Waals surface area contributed by atoms with Crippen molar-refractivity contribution in [2.75, 3.05) is 0 Å². The van der Waals surface area contributed by atoms with Gasteiger partial charge < -0.3 is 9.52 Å². The van der Waals surface area contributed by atoms with Gasteiger partial charge >= 0.3 is 5.97 Å². The summed E-state index contributed by atoms with van der Waals surface area (Å²) in [5.41, 5.74) is 0.497. The highest BCUT2D eigenvalue weighted by atomic mass is 16.4. The molecule has 0 radical (unpaired) electrons. The number of nitrogens with zero attached hydrogens (tertiary/aromatic N) is 2. The monoisotopic (exact) mass is 244 g/mol. The van der Waals surface area contributed by atoms with Gasteiger partial charge in [-0.15, -0.1) is 0 Å². The Morgan fingerprint density at radius 3 is 2.89 bits per heavy atom. The summed E-state index contributed by atoms with van der Waals surface area (Å²) in [6.45, 7) is 0. The Bertz CT molecular complexity index is 844. The molecule has 0 bridgehead atoms. The lowest BCUT2D eigenvalue weighted by molar-refractivity contribution is 0.0697. The molecule has 0 spiro atoms. The summed E-state index contributed by atoms with van der Waals surface area (Å²) in [5.74, 6) is -1.08. The number of hydrogen-bond acceptors (Lipinski definition) is 4. The Hall–Kier alpha value is -2.63. The van der Waals surface area contributed by atoms with Crippen molar-refractivity contribution in [1.82, 2.24) is 9.78 Å². The van der Waals surface area contributed by atoms with Gasteiger partial charge in [0, 0.05) is 7.05 Å². The quantitative estimate of drug-likeness (QED) is 0.698. The largest absolute Gasteiger partial charge is 0.478 e. The average molecular weight is 244 g/mol. The van der Waals surface area contributed by atoms with Crippen molar-refractivity contribution in [2.24, 2.45) is 7.05 Å². The molecule has 1 aromatic carbocycles. The van der Waals surface area contributed by atoms with Crippen LogP contribution in [0.1, 0.15) is 10.4 Å². The van der Waals surface area contributed by atoms with E-state index in [0.717, 1.165) is 0 Å². The SMILES string of the molecule is Cn1ncc2c(=O)c3cc(C(=O)O)ccc3oc21. The van der Waals surface area contributed by atoms with E-state index >= 15 is 0 Å². The second-order valence-corrected chi connectivity index (χ2v) is 3.93. The minimum absolute atomic E-state index is 0.0537. The Kier molecular flexibility index (Phi) is 2.00. The summed E-state index contributed by atoms with van der Waals surface area (Å²) in [6.07, 6.45) is 1.41. The van der Waals surface area contributed by atoms with E-state index in [0.29, 0.717) is 16.7 Å². The molecule has 0 saturated carbocycles. The first-order valence-corrected chi connectivity index (χ1v) is 5.20. The van der Waals surface area contributed by atoms with Gasteiger partial charge in [-0.3, -0.25) is 4.79 Å². The van der Waals surface area contributed by atoms with E-state index in [4.69, 9.17) is 9.52 Å². The zero-order valence-corrected chi connectivity index (χ0v) is 9.38. The van der Waals surface area contributed by atoms with E-state index in [1.807, 2.05) is 0 Å². The predicted molar refractivity (Wildman–Crippen MR) is 63.7 cm³/mol. The van der Waals surface area contributed by atoms with E-state index in [2.05, 4.69) is 5.10 Å². The van der Waals surface area contributed by atoms with Gasteiger partial charge in [0.05, 0.1) is 17.1 Å². The van der Waals surface area contributed by atoms with Crippen molar-refractivity contribution in [3.05, 3.63) is 40.2 Å². The van der Waals surface area contributed by atoms with Crippen LogP contribution < -0.4 is 5.43 Å². The number of aromatic nitrogens is 2. The molecule has 3 aromatic rings. The fourth-order valence-electron chi connectivity index (χ4n) is 1.88. The molecule has 0 saturated heterocycles. The van der Waals surface area contributed by atoms with Crippen LogP contribution >= 0.6 is 0 Å². The van der Waals surface area contributed by atoms with Crippen molar-refractivity contribution in [1.29, 1.82) is 0 Å². The maximum absolute atomic E-state index is 12.2.